The Morgan fingerprint density at radius 3 is 0.778 bits per heavy atom. The molecule has 0 aromatic carbocycles. The molecule has 454 valence electrons. The molecule has 0 spiro atoms. The van der Waals surface area contributed by atoms with Crippen molar-refractivity contribution in [1.82, 2.24) is 0 Å². The molecule has 0 saturated heterocycles. The molecule has 0 saturated carbocycles. The molecule has 1 unspecified atom stereocenters. The average molecular weight is 1120 g/mol. The maximum atomic E-state index is 12.9. The van der Waals surface area contributed by atoms with Crippen LogP contribution < -0.4 is 0 Å². The van der Waals surface area contributed by atoms with Crippen LogP contribution >= 0.6 is 0 Å². The molecule has 81 heavy (non-hydrogen) atoms. The first kappa shape index (κ1) is 75.8. The number of allylic oxidation sites excluding steroid dienone is 28. The Morgan fingerprint density at radius 2 is 0.481 bits per heavy atom. The van der Waals surface area contributed by atoms with Crippen molar-refractivity contribution >= 4 is 17.9 Å². The quantitative estimate of drug-likeness (QED) is 0.0261. The number of esters is 3. The second kappa shape index (κ2) is 67.3. The minimum atomic E-state index is -0.827. The van der Waals surface area contributed by atoms with Crippen LogP contribution in [0.1, 0.15) is 265 Å². The number of carbonyl (C=O) groups is 3. The van der Waals surface area contributed by atoms with Gasteiger partial charge in [0.05, 0.1) is 0 Å². The highest BCUT2D eigenvalue weighted by Gasteiger charge is 2.19. The van der Waals surface area contributed by atoms with Gasteiger partial charge in [0.25, 0.3) is 0 Å². The van der Waals surface area contributed by atoms with Gasteiger partial charge in [0.15, 0.2) is 6.10 Å². The van der Waals surface area contributed by atoms with Crippen LogP contribution in [-0.2, 0) is 28.6 Å². The fourth-order valence-corrected chi connectivity index (χ4v) is 8.36. The molecule has 0 aliphatic rings. The smallest absolute Gasteiger partial charge is 0.306 e. The van der Waals surface area contributed by atoms with E-state index < -0.39 is 6.10 Å². The first-order chi connectivity index (χ1) is 40.0. The summed E-state index contributed by atoms with van der Waals surface area (Å²) in [5.74, 6) is -1.01. The number of rotatable bonds is 57. The van der Waals surface area contributed by atoms with E-state index in [0.717, 1.165) is 128 Å². The second-order valence-corrected chi connectivity index (χ2v) is 20.9. The van der Waals surface area contributed by atoms with Crippen LogP contribution in [0.3, 0.4) is 0 Å². The van der Waals surface area contributed by atoms with Crippen molar-refractivity contribution < 1.29 is 28.6 Å². The van der Waals surface area contributed by atoms with Gasteiger partial charge in [0, 0.05) is 19.3 Å². The Hall–Kier alpha value is -5.23. The van der Waals surface area contributed by atoms with Crippen molar-refractivity contribution in [2.75, 3.05) is 13.2 Å². The van der Waals surface area contributed by atoms with E-state index in [4.69, 9.17) is 14.2 Å². The summed E-state index contributed by atoms with van der Waals surface area (Å²) in [6.07, 6.45) is 99.3. The first-order valence-electron chi connectivity index (χ1n) is 32.6. The van der Waals surface area contributed by atoms with Crippen molar-refractivity contribution in [3.8, 4) is 0 Å². The van der Waals surface area contributed by atoms with Gasteiger partial charge in [-0.3, -0.25) is 14.4 Å². The van der Waals surface area contributed by atoms with E-state index in [-0.39, 0.29) is 44.0 Å². The molecule has 0 N–H and O–H groups in total. The van der Waals surface area contributed by atoms with Crippen LogP contribution in [0.25, 0.3) is 0 Å². The van der Waals surface area contributed by atoms with Crippen LogP contribution in [0.2, 0.25) is 0 Å². The summed E-state index contributed by atoms with van der Waals surface area (Å²) in [5, 5.41) is 0. The Balaban J connectivity index is 4.52. The molecular weight excluding hydrogens is 997 g/mol. The minimum absolute atomic E-state index is 0.123. The molecule has 6 nitrogen and oxygen atoms in total. The fourth-order valence-electron chi connectivity index (χ4n) is 8.36. The maximum absolute atomic E-state index is 12.9. The Kier molecular flexibility index (Phi) is 62.9. The van der Waals surface area contributed by atoms with Crippen molar-refractivity contribution in [3.63, 3.8) is 0 Å². The standard InChI is InChI=1S/C75H118O6/c1-4-7-10-13-16-19-22-25-28-30-32-34-35-36-37-38-39-41-42-44-47-50-53-56-59-62-65-68-74(77)80-71-72(70-79-73(76)67-64-61-58-55-52-49-46-27-24-21-18-15-12-9-6-3)81-75(78)69-66-63-60-57-54-51-48-45-43-40-33-31-29-26-23-20-17-14-11-8-5-2/h7,9-10,12,16,18-19,21,23,25-28,31-34,36-37,39,41,44,46-47,52-53,55-56,72H,4-6,8,11,13-15,17,20,22,24,29-30,35,38,40,42-43,45,48-51,54,57-71H2,1-3H3/b10-7-,12-9-,19-16-,21-18-,26-23-,28-25-,33-31-,34-32-,37-36-,41-39-,46-27-,47-44-,55-52-,56-53-. The molecule has 6 heteroatoms. The Labute approximate surface area is 498 Å². The first-order valence-corrected chi connectivity index (χ1v) is 32.6. The zero-order valence-corrected chi connectivity index (χ0v) is 52.0. The summed E-state index contributed by atoms with van der Waals surface area (Å²) in [7, 11) is 0. The molecule has 0 radical (unpaired) electrons. The van der Waals surface area contributed by atoms with Gasteiger partial charge in [0.1, 0.15) is 13.2 Å². The van der Waals surface area contributed by atoms with Gasteiger partial charge in [-0.05, 0) is 154 Å². The predicted octanol–water partition coefficient (Wildman–Crippen LogP) is 22.7. The molecule has 1 atom stereocenters. The van der Waals surface area contributed by atoms with E-state index in [1.807, 2.05) is 0 Å². The third-order valence-corrected chi connectivity index (χ3v) is 13.2. The average Bonchev–Trinajstić information content (AvgIpc) is 3.47. The SMILES string of the molecule is CC/C=C\C/C=C\C/C=C\C/C=C\C/C=C\C/C=C\C/C=C\C/C=C\CCCCC(=O)OCC(COC(=O)CCCC/C=C\C/C=C\C/C=C\C/C=C\CC)OC(=O)CCCCCCCCCCC/C=C\C/C=C\CCCCCCC. The van der Waals surface area contributed by atoms with Crippen LogP contribution in [0, 0.1) is 0 Å². The van der Waals surface area contributed by atoms with Gasteiger partial charge in [-0.1, -0.05) is 262 Å². The number of hydrogen-bond donors (Lipinski definition) is 0. The van der Waals surface area contributed by atoms with Crippen LogP contribution in [0.15, 0.2) is 170 Å². The third-order valence-electron chi connectivity index (χ3n) is 13.2. The number of ether oxygens (including phenoxy) is 3. The number of carbonyl (C=O) groups excluding carboxylic acids is 3. The highest BCUT2D eigenvalue weighted by molar-refractivity contribution is 5.71. The topological polar surface area (TPSA) is 78.9 Å². The summed E-state index contributed by atoms with van der Waals surface area (Å²) >= 11 is 0. The fraction of sp³-hybridized carbons (Fsp3) is 0.587. The molecule has 0 amide bonds. The summed E-state index contributed by atoms with van der Waals surface area (Å²) in [6.45, 7) is 6.32. The van der Waals surface area contributed by atoms with Gasteiger partial charge in [-0.25, -0.2) is 0 Å². The molecule has 0 aliphatic heterocycles. The summed E-state index contributed by atoms with van der Waals surface area (Å²) in [4.78, 5) is 38.3. The minimum Gasteiger partial charge on any atom is -0.462 e. The molecule has 0 fully saturated rings. The molecule has 0 aromatic rings. The van der Waals surface area contributed by atoms with E-state index in [2.05, 4.69) is 191 Å². The third kappa shape index (κ3) is 65.5. The van der Waals surface area contributed by atoms with E-state index >= 15 is 0 Å². The lowest BCUT2D eigenvalue weighted by atomic mass is 10.1. The lowest BCUT2D eigenvalue weighted by Crippen LogP contribution is -2.30. The van der Waals surface area contributed by atoms with Gasteiger partial charge in [-0.2, -0.15) is 0 Å². The van der Waals surface area contributed by atoms with Crippen LogP contribution in [0.4, 0.5) is 0 Å². The lowest BCUT2D eigenvalue weighted by molar-refractivity contribution is -0.167. The van der Waals surface area contributed by atoms with Gasteiger partial charge >= 0.3 is 17.9 Å². The van der Waals surface area contributed by atoms with E-state index in [1.165, 1.54) is 83.5 Å². The molecule has 0 aliphatic carbocycles. The summed E-state index contributed by atoms with van der Waals surface area (Å²) < 4.78 is 16.9. The molecule has 0 rings (SSSR count). The Morgan fingerprint density at radius 1 is 0.259 bits per heavy atom. The lowest BCUT2D eigenvalue weighted by Gasteiger charge is -2.18. The summed E-state index contributed by atoms with van der Waals surface area (Å²) in [5.41, 5.74) is 0. The zero-order valence-electron chi connectivity index (χ0n) is 52.0. The largest absolute Gasteiger partial charge is 0.462 e. The predicted molar refractivity (Wildman–Crippen MR) is 352 cm³/mol. The van der Waals surface area contributed by atoms with E-state index in [0.29, 0.717) is 19.3 Å². The van der Waals surface area contributed by atoms with Crippen molar-refractivity contribution in [3.05, 3.63) is 170 Å². The normalized spacial score (nSPS) is 13.3. The van der Waals surface area contributed by atoms with Gasteiger partial charge in [-0.15, -0.1) is 0 Å². The zero-order chi connectivity index (χ0) is 58.5. The molecule has 0 aromatic heterocycles. The van der Waals surface area contributed by atoms with Crippen LogP contribution in [-0.4, -0.2) is 37.2 Å². The molecular formula is C75H118O6. The maximum Gasteiger partial charge on any atom is 0.306 e. The highest BCUT2D eigenvalue weighted by atomic mass is 16.6. The highest BCUT2D eigenvalue weighted by Crippen LogP contribution is 2.14. The van der Waals surface area contributed by atoms with E-state index in [9.17, 15) is 14.4 Å². The number of unbranched alkanes of at least 4 members (excludes halogenated alkanes) is 18. The Bertz CT molecular complexity index is 1860. The molecule has 0 heterocycles. The summed E-state index contributed by atoms with van der Waals surface area (Å²) in [6, 6.07) is 0. The monoisotopic (exact) mass is 1110 g/mol. The van der Waals surface area contributed by atoms with Crippen molar-refractivity contribution in [1.29, 1.82) is 0 Å². The van der Waals surface area contributed by atoms with Crippen molar-refractivity contribution in [2.45, 2.75) is 271 Å². The van der Waals surface area contributed by atoms with Crippen molar-refractivity contribution in [2.24, 2.45) is 0 Å². The number of hydrogen-bond acceptors (Lipinski definition) is 6. The van der Waals surface area contributed by atoms with Gasteiger partial charge in [0.2, 0.25) is 0 Å². The van der Waals surface area contributed by atoms with Gasteiger partial charge < -0.3 is 14.2 Å². The van der Waals surface area contributed by atoms with E-state index in [1.54, 1.807) is 0 Å². The van der Waals surface area contributed by atoms with Crippen LogP contribution in [0.5, 0.6) is 0 Å². The second-order valence-electron chi connectivity index (χ2n) is 20.9. The molecule has 0 bridgehead atoms.